The number of aromatic nitrogens is 4. The van der Waals surface area contributed by atoms with Gasteiger partial charge in [-0.15, -0.1) is 0 Å². The predicted molar refractivity (Wildman–Crippen MR) is 144 cm³/mol. The monoisotopic (exact) mass is 491 g/mol. The average Bonchev–Trinajstić information content (AvgIpc) is 3.14. The Bertz CT molecular complexity index is 1500. The first-order valence-electron chi connectivity index (χ1n) is 12.4. The molecule has 5 rings (SSSR count). The van der Waals surface area contributed by atoms with Crippen LogP contribution in [-0.4, -0.2) is 40.6 Å². The van der Waals surface area contributed by atoms with E-state index in [0.717, 1.165) is 48.6 Å². The maximum absolute atomic E-state index is 13.8. The Morgan fingerprint density at radius 3 is 2.69 bits per heavy atom. The second-order valence-corrected chi connectivity index (χ2v) is 16.1. The van der Waals surface area contributed by atoms with Crippen LogP contribution in [0.5, 0.6) is 0 Å². The highest BCUT2D eigenvalue weighted by Crippen LogP contribution is 2.27. The van der Waals surface area contributed by atoms with E-state index in [1.54, 1.807) is 15.3 Å². The zero-order chi connectivity index (χ0) is 24.6. The molecule has 0 fully saturated rings. The number of nitrogens with zero attached hydrogens (tertiary/aromatic N) is 3. The highest BCUT2D eigenvalue weighted by molar-refractivity contribution is 6.76. The Balaban J connectivity index is 1.71. The van der Waals surface area contributed by atoms with E-state index in [9.17, 15) is 9.59 Å². The van der Waals surface area contributed by atoms with Gasteiger partial charge in [-0.3, -0.25) is 23.9 Å². The van der Waals surface area contributed by atoms with Crippen molar-refractivity contribution in [2.24, 2.45) is 0 Å². The number of H-pyrrole nitrogens is 1. The van der Waals surface area contributed by atoms with Crippen molar-refractivity contribution in [3.05, 3.63) is 57.1 Å². The van der Waals surface area contributed by atoms with Gasteiger partial charge in [0.2, 0.25) is 0 Å². The minimum absolute atomic E-state index is 0.0636. The van der Waals surface area contributed by atoms with Crippen molar-refractivity contribution in [1.82, 2.24) is 19.3 Å². The normalized spacial score (nSPS) is 14.5. The quantitative estimate of drug-likeness (QED) is 0.314. The fourth-order valence-electron chi connectivity index (χ4n) is 4.58. The summed E-state index contributed by atoms with van der Waals surface area (Å²) in [6.07, 6.45) is 2.88. The molecule has 35 heavy (non-hydrogen) atoms. The molecule has 0 unspecified atom stereocenters. The van der Waals surface area contributed by atoms with Gasteiger partial charge in [0.25, 0.3) is 11.1 Å². The number of fused-ring (bicyclic) bond motifs is 3. The first-order chi connectivity index (χ1) is 16.8. The molecule has 1 aliphatic rings. The summed E-state index contributed by atoms with van der Waals surface area (Å²) in [6.45, 7) is 9.11. The Hall–Kier alpha value is -3.17. The van der Waals surface area contributed by atoms with Gasteiger partial charge < -0.3 is 10.1 Å². The van der Waals surface area contributed by atoms with Crippen LogP contribution >= 0.6 is 0 Å². The Kier molecular flexibility index (Phi) is 6.37. The van der Waals surface area contributed by atoms with Gasteiger partial charge in [-0.1, -0.05) is 37.8 Å². The molecule has 3 heterocycles. The standard InChI is InChI=1S/C26H33N5O3Si/c1-35(2,3)16-15-34-17-30-21-12-8-11-20-24(21)28-23(26(30)33)18-9-7-10-19-22(18)29-31(25(19)32)14-6-4-5-13-27-20/h7-12,27,29H,4-6,13-17H2,1-3H3. The number of hydrogen-bond donors (Lipinski definition) is 2. The smallest absolute Gasteiger partial charge is 0.279 e. The van der Waals surface area contributed by atoms with E-state index in [2.05, 4.69) is 30.1 Å². The second kappa shape index (κ2) is 9.47. The third-order valence-corrected chi connectivity index (χ3v) is 8.31. The van der Waals surface area contributed by atoms with Crippen LogP contribution in [0.25, 0.3) is 33.2 Å². The predicted octanol–water partition coefficient (Wildman–Crippen LogP) is 4.61. The van der Waals surface area contributed by atoms with Crippen molar-refractivity contribution in [3.8, 4) is 11.3 Å². The first-order valence-corrected chi connectivity index (χ1v) is 16.1. The summed E-state index contributed by atoms with van der Waals surface area (Å²) in [5, 5.41) is 7.35. The van der Waals surface area contributed by atoms with Crippen molar-refractivity contribution in [3.63, 3.8) is 0 Å². The van der Waals surface area contributed by atoms with Gasteiger partial charge in [0, 0.05) is 33.3 Å². The fraction of sp³-hybridized carbons (Fsp3) is 0.423. The van der Waals surface area contributed by atoms with E-state index in [-0.39, 0.29) is 17.8 Å². The summed E-state index contributed by atoms with van der Waals surface area (Å²) in [5.41, 5.74) is 3.67. The summed E-state index contributed by atoms with van der Waals surface area (Å²) >= 11 is 0. The minimum atomic E-state index is -1.25. The van der Waals surface area contributed by atoms with E-state index in [1.165, 1.54) is 0 Å². The largest absolute Gasteiger partial charge is 0.383 e. The highest BCUT2D eigenvalue weighted by atomic mass is 28.3. The van der Waals surface area contributed by atoms with E-state index >= 15 is 0 Å². The summed E-state index contributed by atoms with van der Waals surface area (Å²) in [7, 11) is -1.25. The second-order valence-electron chi connectivity index (χ2n) is 10.5. The van der Waals surface area contributed by atoms with E-state index in [0.29, 0.717) is 35.3 Å². The molecule has 1 aliphatic heterocycles. The van der Waals surface area contributed by atoms with E-state index < -0.39 is 8.07 Å². The molecule has 0 aliphatic carbocycles. The van der Waals surface area contributed by atoms with Gasteiger partial charge in [0.1, 0.15) is 17.9 Å². The summed E-state index contributed by atoms with van der Waals surface area (Å²) in [6, 6.07) is 12.4. The van der Waals surface area contributed by atoms with Crippen LogP contribution in [0.2, 0.25) is 25.7 Å². The molecular weight excluding hydrogens is 458 g/mol. The molecule has 0 amide bonds. The molecular formula is C26H33N5O3Si. The van der Waals surface area contributed by atoms with Crippen LogP contribution in [0, 0.1) is 0 Å². The molecule has 4 bridgehead atoms. The lowest BCUT2D eigenvalue weighted by Crippen LogP contribution is -2.27. The number of ether oxygens (including phenoxy) is 1. The minimum Gasteiger partial charge on any atom is -0.383 e. The molecule has 184 valence electrons. The van der Waals surface area contributed by atoms with Gasteiger partial charge in [-0.05, 0) is 43.5 Å². The van der Waals surface area contributed by atoms with Gasteiger partial charge >= 0.3 is 0 Å². The number of nitrogens with one attached hydrogen (secondary N) is 2. The van der Waals surface area contributed by atoms with Crippen LogP contribution in [0.15, 0.2) is 46.0 Å². The molecule has 0 saturated heterocycles. The number of benzene rings is 2. The van der Waals surface area contributed by atoms with Crippen molar-refractivity contribution in [2.45, 2.75) is 58.2 Å². The number of aryl methyl sites for hydroxylation is 1. The van der Waals surface area contributed by atoms with Gasteiger partial charge in [-0.2, -0.15) is 0 Å². The molecule has 8 nitrogen and oxygen atoms in total. The number of hydrogen-bond acceptors (Lipinski definition) is 5. The van der Waals surface area contributed by atoms with Gasteiger partial charge in [0.05, 0.1) is 22.1 Å². The maximum atomic E-state index is 13.8. The average molecular weight is 492 g/mol. The number of rotatable bonds is 5. The molecule has 2 N–H and O–H groups in total. The van der Waals surface area contributed by atoms with E-state index in [1.807, 2.05) is 30.3 Å². The number of para-hydroxylation sites is 2. The topological polar surface area (TPSA) is 93.9 Å². The Labute approximate surface area is 204 Å². The molecule has 0 spiro atoms. The van der Waals surface area contributed by atoms with Crippen molar-refractivity contribution < 1.29 is 4.74 Å². The van der Waals surface area contributed by atoms with E-state index in [4.69, 9.17) is 9.72 Å². The Morgan fingerprint density at radius 1 is 1.03 bits per heavy atom. The molecule has 2 aromatic carbocycles. The highest BCUT2D eigenvalue weighted by Gasteiger charge is 2.20. The van der Waals surface area contributed by atoms with Crippen LogP contribution in [0.4, 0.5) is 5.69 Å². The van der Waals surface area contributed by atoms with Crippen molar-refractivity contribution in [2.75, 3.05) is 18.5 Å². The summed E-state index contributed by atoms with van der Waals surface area (Å²) < 4.78 is 9.35. The van der Waals surface area contributed by atoms with Gasteiger partial charge in [-0.25, -0.2) is 4.98 Å². The fourth-order valence-corrected chi connectivity index (χ4v) is 5.33. The third kappa shape index (κ3) is 4.70. The lowest BCUT2D eigenvalue weighted by molar-refractivity contribution is 0.0879. The third-order valence-electron chi connectivity index (χ3n) is 6.61. The molecule has 0 radical (unpaired) electrons. The number of aromatic amines is 1. The molecule has 0 saturated carbocycles. The number of anilines is 1. The molecule has 0 atom stereocenters. The van der Waals surface area contributed by atoms with Crippen molar-refractivity contribution >= 4 is 35.7 Å². The molecule has 4 aromatic rings. The lowest BCUT2D eigenvalue weighted by atomic mass is 10.1. The zero-order valence-corrected chi connectivity index (χ0v) is 21.7. The Morgan fingerprint density at radius 2 is 1.86 bits per heavy atom. The molecule has 9 heteroatoms. The van der Waals surface area contributed by atoms with Crippen molar-refractivity contribution in [1.29, 1.82) is 0 Å². The summed E-state index contributed by atoms with van der Waals surface area (Å²) in [4.78, 5) is 31.7. The van der Waals surface area contributed by atoms with Crippen LogP contribution in [0.1, 0.15) is 19.3 Å². The van der Waals surface area contributed by atoms with Crippen LogP contribution in [-0.2, 0) is 18.0 Å². The molecule has 2 aromatic heterocycles. The van der Waals surface area contributed by atoms with Crippen LogP contribution in [0.3, 0.4) is 0 Å². The van der Waals surface area contributed by atoms with Gasteiger partial charge in [0.15, 0.2) is 0 Å². The SMILES string of the molecule is C[Si](C)(C)CCOCn1c(=O)c2nc3c(cccc31)NCCCCCn1[nH]c3c-2cccc3c1=O. The van der Waals surface area contributed by atoms with Crippen LogP contribution < -0.4 is 16.4 Å². The maximum Gasteiger partial charge on any atom is 0.279 e. The zero-order valence-electron chi connectivity index (χ0n) is 20.7. The first kappa shape index (κ1) is 23.6. The lowest BCUT2D eigenvalue weighted by Gasteiger charge is -2.18. The summed E-state index contributed by atoms with van der Waals surface area (Å²) in [5.74, 6) is 0.